The molecule has 2 amide bonds. The summed E-state index contributed by atoms with van der Waals surface area (Å²) in [6, 6.07) is 19.5. The maximum Gasteiger partial charge on any atom is 0.264 e. The molecule has 1 aliphatic heterocycles. The van der Waals surface area contributed by atoms with Gasteiger partial charge in [0.05, 0.1) is 18.6 Å². The fourth-order valence-corrected chi connectivity index (χ4v) is 4.36. The highest BCUT2D eigenvalue weighted by molar-refractivity contribution is 8.18. The lowest BCUT2D eigenvalue weighted by Gasteiger charge is -2.13. The van der Waals surface area contributed by atoms with E-state index in [2.05, 4.69) is 15.6 Å². The van der Waals surface area contributed by atoms with E-state index in [0.29, 0.717) is 50.3 Å². The van der Waals surface area contributed by atoms with E-state index in [9.17, 15) is 9.59 Å². The fraction of sp³-hybridized carbons (Fsp3) is 0.148. The highest BCUT2D eigenvalue weighted by atomic mass is 35.5. The zero-order valence-electron chi connectivity index (χ0n) is 20.1. The number of aliphatic imine (C=N–C) groups is 1. The van der Waals surface area contributed by atoms with Crippen LogP contribution in [0.1, 0.15) is 12.5 Å². The molecule has 0 saturated carbocycles. The van der Waals surface area contributed by atoms with E-state index in [1.165, 1.54) is 18.9 Å². The van der Waals surface area contributed by atoms with Crippen LogP contribution in [0, 0.1) is 0 Å². The van der Waals surface area contributed by atoms with E-state index < -0.39 is 0 Å². The number of anilines is 1. The number of amides is 2. The molecule has 0 aromatic heterocycles. The van der Waals surface area contributed by atoms with Crippen molar-refractivity contribution in [2.75, 3.05) is 25.6 Å². The van der Waals surface area contributed by atoms with Crippen LogP contribution in [-0.4, -0.2) is 37.3 Å². The summed E-state index contributed by atoms with van der Waals surface area (Å²) in [4.78, 5) is 29.8. The molecule has 0 radical (unpaired) electrons. The number of methoxy groups -OCH3 is 1. The van der Waals surface area contributed by atoms with Crippen molar-refractivity contribution in [1.29, 1.82) is 0 Å². The largest absolute Gasteiger partial charge is 0.494 e. The lowest BCUT2D eigenvalue weighted by Crippen LogP contribution is -2.20. The number of nitrogens with zero attached hydrogens (tertiary/aromatic N) is 1. The van der Waals surface area contributed by atoms with Crippen molar-refractivity contribution in [3.05, 3.63) is 82.2 Å². The van der Waals surface area contributed by atoms with Crippen molar-refractivity contribution < 1.29 is 23.8 Å². The standard InChI is InChI=1S/C27H24ClN3O5S/c1-3-35-23-13-17(9-11-22(23)36-16-25(32)29-19-7-5-4-6-8-19)14-24-26(33)31-27(37-24)30-20-15-18(28)10-12-21(20)34-2/h4-15H,3,16H2,1-2H3,(H,29,32)(H,30,31,33)/b24-14-. The number of ether oxygens (including phenoxy) is 3. The van der Waals surface area contributed by atoms with Crippen LogP contribution in [0.25, 0.3) is 6.08 Å². The van der Waals surface area contributed by atoms with Crippen molar-refractivity contribution in [2.45, 2.75) is 6.92 Å². The van der Waals surface area contributed by atoms with Gasteiger partial charge in [-0.25, -0.2) is 4.99 Å². The van der Waals surface area contributed by atoms with E-state index in [0.717, 1.165) is 5.56 Å². The van der Waals surface area contributed by atoms with E-state index in [1.54, 1.807) is 54.6 Å². The summed E-state index contributed by atoms with van der Waals surface area (Å²) in [5, 5.41) is 6.44. The second-order valence-corrected chi connectivity index (χ2v) is 9.11. The van der Waals surface area contributed by atoms with E-state index in [1.807, 2.05) is 25.1 Å². The summed E-state index contributed by atoms with van der Waals surface area (Å²) in [5.41, 5.74) is 1.92. The van der Waals surface area contributed by atoms with Crippen LogP contribution in [0.5, 0.6) is 17.2 Å². The van der Waals surface area contributed by atoms with Gasteiger partial charge in [-0.2, -0.15) is 0 Å². The Morgan fingerprint density at radius 2 is 1.84 bits per heavy atom. The number of hydrogen-bond acceptors (Lipinski definition) is 7. The smallest absolute Gasteiger partial charge is 0.264 e. The number of para-hydroxylation sites is 1. The Hall–Kier alpha value is -3.95. The molecule has 0 bridgehead atoms. The third-order valence-corrected chi connectivity index (χ3v) is 6.14. The Kier molecular flexibility index (Phi) is 8.71. The van der Waals surface area contributed by atoms with Crippen LogP contribution < -0.4 is 24.8 Å². The summed E-state index contributed by atoms with van der Waals surface area (Å²) in [7, 11) is 1.54. The number of amidine groups is 1. The molecule has 1 fully saturated rings. The second kappa shape index (κ2) is 12.3. The molecule has 2 N–H and O–H groups in total. The topological polar surface area (TPSA) is 98.2 Å². The van der Waals surface area contributed by atoms with Gasteiger partial charge in [-0.1, -0.05) is 35.9 Å². The molecule has 0 spiro atoms. The number of halogens is 1. The first-order valence-electron chi connectivity index (χ1n) is 11.3. The number of benzene rings is 3. The summed E-state index contributed by atoms with van der Waals surface area (Å²) in [5.74, 6) is 0.859. The lowest BCUT2D eigenvalue weighted by molar-refractivity contribution is -0.118. The molecule has 37 heavy (non-hydrogen) atoms. The van der Waals surface area contributed by atoms with Gasteiger partial charge >= 0.3 is 0 Å². The van der Waals surface area contributed by atoms with Crippen LogP contribution in [0.15, 0.2) is 76.6 Å². The number of hydrogen-bond donors (Lipinski definition) is 2. The molecule has 3 aromatic rings. The number of rotatable bonds is 9. The van der Waals surface area contributed by atoms with Crippen LogP contribution >= 0.6 is 23.4 Å². The second-order valence-electron chi connectivity index (χ2n) is 7.64. The average molecular weight is 538 g/mol. The third kappa shape index (κ3) is 7.05. The number of carbonyl (C=O) groups excluding carboxylic acids is 2. The minimum absolute atomic E-state index is 0.180. The van der Waals surface area contributed by atoms with Gasteiger partial charge in [-0.15, -0.1) is 0 Å². The molecule has 10 heteroatoms. The van der Waals surface area contributed by atoms with Crippen molar-refractivity contribution in [1.82, 2.24) is 5.32 Å². The van der Waals surface area contributed by atoms with Crippen molar-refractivity contribution in [3.63, 3.8) is 0 Å². The van der Waals surface area contributed by atoms with Crippen molar-refractivity contribution in [3.8, 4) is 17.2 Å². The minimum Gasteiger partial charge on any atom is -0.494 e. The van der Waals surface area contributed by atoms with Gasteiger partial charge < -0.3 is 24.8 Å². The quantitative estimate of drug-likeness (QED) is 0.342. The maximum absolute atomic E-state index is 12.6. The Labute approximate surface area is 223 Å². The maximum atomic E-state index is 12.6. The zero-order chi connectivity index (χ0) is 26.2. The van der Waals surface area contributed by atoms with Crippen molar-refractivity contribution >= 4 is 57.8 Å². The highest BCUT2D eigenvalue weighted by Crippen LogP contribution is 2.35. The van der Waals surface area contributed by atoms with Gasteiger partial charge in [0.2, 0.25) is 0 Å². The molecule has 1 saturated heterocycles. The van der Waals surface area contributed by atoms with Gasteiger partial charge in [-0.05, 0) is 72.8 Å². The normalized spacial score (nSPS) is 14.9. The molecular weight excluding hydrogens is 514 g/mol. The molecule has 3 aromatic carbocycles. The Morgan fingerprint density at radius 1 is 1.05 bits per heavy atom. The first kappa shape index (κ1) is 26.1. The van der Waals surface area contributed by atoms with Crippen LogP contribution in [0.3, 0.4) is 0 Å². The van der Waals surface area contributed by atoms with Gasteiger partial charge in [0.15, 0.2) is 23.3 Å². The molecule has 0 atom stereocenters. The molecule has 8 nitrogen and oxygen atoms in total. The molecule has 1 aliphatic rings. The van der Waals surface area contributed by atoms with E-state index in [-0.39, 0.29) is 18.4 Å². The predicted octanol–water partition coefficient (Wildman–Crippen LogP) is 5.66. The highest BCUT2D eigenvalue weighted by Gasteiger charge is 2.24. The summed E-state index contributed by atoms with van der Waals surface area (Å²) in [6.07, 6.45) is 1.73. The Morgan fingerprint density at radius 3 is 2.59 bits per heavy atom. The Balaban J connectivity index is 1.47. The van der Waals surface area contributed by atoms with Gasteiger partial charge in [0, 0.05) is 10.7 Å². The fourth-order valence-electron chi connectivity index (χ4n) is 3.36. The molecular formula is C27H24ClN3O5S. The van der Waals surface area contributed by atoms with Gasteiger partial charge in [-0.3, -0.25) is 9.59 Å². The first-order chi connectivity index (χ1) is 17.9. The predicted molar refractivity (Wildman–Crippen MR) is 147 cm³/mol. The number of thioether (sulfide) groups is 1. The SMILES string of the molecule is CCOc1cc(/C=C2\SC(=Nc3cc(Cl)ccc3OC)NC2=O)ccc1OCC(=O)Nc1ccccc1. The van der Waals surface area contributed by atoms with Crippen LogP contribution in [0.2, 0.25) is 5.02 Å². The van der Waals surface area contributed by atoms with E-state index in [4.69, 9.17) is 25.8 Å². The summed E-state index contributed by atoms with van der Waals surface area (Å²) < 4.78 is 16.7. The minimum atomic E-state index is -0.290. The third-order valence-electron chi connectivity index (χ3n) is 5.00. The average Bonchev–Trinajstić information content (AvgIpc) is 3.22. The van der Waals surface area contributed by atoms with Crippen LogP contribution in [0.4, 0.5) is 11.4 Å². The van der Waals surface area contributed by atoms with Gasteiger partial charge in [0.25, 0.3) is 11.8 Å². The van der Waals surface area contributed by atoms with E-state index >= 15 is 0 Å². The molecule has 0 unspecified atom stereocenters. The van der Waals surface area contributed by atoms with Gasteiger partial charge in [0.1, 0.15) is 11.4 Å². The number of nitrogens with one attached hydrogen (secondary N) is 2. The Bertz CT molecular complexity index is 1360. The zero-order valence-corrected chi connectivity index (χ0v) is 21.7. The summed E-state index contributed by atoms with van der Waals surface area (Å²) >= 11 is 7.28. The summed E-state index contributed by atoms with van der Waals surface area (Å²) in [6.45, 7) is 2.07. The lowest BCUT2D eigenvalue weighted by atomic mass is 10.2. The van der Waals surface area contributed by atoms with Crippen molar-refractivity contribution in [2.24, 2.45) is 4.99 Å². The monoisotopic (exact) mass is 537 g/mol. The molecule has 0 aliphatic carbocycles. The molecule has 190 valence electrons. The first-order valence-corrected chi connectivity index (χ1v) is 12.5. The molecule has 1 heterocycles. The number of carbonyl (C=O) groups is 2. The molecule has 4 rings (SSSR count). The van der Waals surface area contributed by atoms with Crippen LogP contribution in [-0.2, 0) is 9.59 Å².